The van der Waals surface area contributed by atoms with Gasteiger partial charge in [-0.25, -0.2) is 0 Å². The number of carbonyl (C=O) groups excluding carboxylic acids is 3. The summed E-state index contributed by atoms with van der Waals surface area (Å²) in [6.07, 6.45) is 11.1. The van der Waals surface area contributed by atoms with Crippen molar-refractivity contribution < 1.29 is 23.9 Å². The van der Waals surface area contributed by atoms with E-state index in [1.54, 1.807) is 0 Å². The molecule has 8 atom stereocenters. The van der Waals surface area contributed by atoms with Crippen LogP contribution in [-0.4, -0.2) is 30.4 Å². The molecule has 184 valence electrons. The van der Waals surface area contributed by atoms with E-state index in [0.717, 1.165) is 51.4 Å². The number of carbonyl (C=O) groups is 3. The average molecular weight is 459 g/mol. The summed E-state index contributed by atoms with van der Waals surface area (Å²) in [7, 11) is 0. The number of esters is 2. The van der Waals surface area contributed by atoms with Gasteiger partial charge < -0.3 is 14.3 Å². The lowest BCUT2D eigenvalue weighted by Gasteiger charge is -2.58. The highest BCUT2D eigenvalue weighted by molar-refractivity contribution is 5.75. The quantitative estimate of drug-likeness (QED) is 0.309. The van der Waals surface area contributed by atoms with Gasteiger partial charge in [0.25, 0.3) is 0 Å². The summed E-state index contributed by atoms with van der Waals surface area (Å²) in [5.41, 5.74) is 0.764. The van der Waals surface area contributed by atoms with E-state index >= 15 is 0 Å². The summed E-state index contributed by atoms with van der Waals surface area (Å²) in [6.45, 7) is 11.6. The van der Waals surface area contributed by atoms with Crippen LogP contribution in [0.1, 0.15) is 92.9 Å². The number of allylic oxidation sites excluding steroid dienone is 2. The topological polar surface area (TPSA) is 69.7 Å². The van der Waals surface area contributed by atoms with Crippen LogP contribution < -0.4 is 0 Å². The Morgan fingerprint density at radius 3 is 2.52 bits per heavy atom. The molecule has 3 fully saturated rings. The summed E-state index contributed by atoms with van der Waals surface area (Å²) >= 11 is 0. The molecule has 0 aromatic carbocycles. The first kappa shape index (κ1) is 24.5. The Morgan fingerprint density at radius 2 is 1.88 bits per heavy atom. The molecule has 4 aliphatic rings. The van der Waals surface area contributed by atoms with Crippen molar-refractivity contribution in [3.63, 3.8) is 0 Å². The maximum Gasteiger partial charge on any atom is 0.311 e. The van der Waals surface area contributed by atoms with Gasteiger partial charge in [-0.05, 0) is 102 Å². The molecule has 0 aromatic rings. The molecule has 5 nitrogen and oxygen atoms in total. The molecule has 0 N–H and O–H groups in total. The molecule has 0 aromatic heterocycles. The maximum atomic E-state index is 12.7. The molecule has 0 amide bonds. The summed E-state index contributed by atoms with van der Waals surface area (Å²) in [6, 6.07) is 0. The molecule has 0 bridgehead atoms. The Hall–Kier alpha value is -1.65. The smallest absolute Gasteiger partial charge is 0.311 e. The summed E-state index contributed by atoms with van der Waals surface area (Å²) in [5.74, 6) is 1.06. The molecule has 33 heavy (non-hydrogen) atoms. The number of rotatable bonds is 4. The van der Waals surface area contributed by atoms with Crippen LogP contribution in [0.4, 0.5) is 0 Å². The largest absolute Gasteiger partial charge is 0.463 e. The van der Waals surface area contributed by atoms with Crippen LogP contribution in [0.15, 0.2) is 11.6 Å². The molecule has 4 rings (SSSR count). The van der Waals surface area contributed by atoms with Gasteiger partial charge in [0.15, 0.2) is 0 Å². The SMILES string of the molecule is CC(=O)OC1CC[C@]2(C=O)C(CC[C@H]3C4=CC[C@H](C(C)OC(=O)C(C)(C)C)[C@@]4(C)CC[C@@H]32)C1. The molecular formula is C28H42O5. The van der Waals surface area contributed by atoms with Crippen LogP contribution in [0.2, 0.25) is 0 Å². The van der Waals surface area contributed by atoms with Crippen molar-refractivity contribution in [3.05, 3.63) is 11.6 Å². The van der Waals surface area contributed by atoms with Crippen molar-refractivity contribution in [3.8, 4) is 0 Å². The van der Waals surface area contributed by atoms with Gasteiger partial charge in [0.2, 0.25) is 0 Å². The number of hydrogen-bond donors (Lipinski definition) is 0. The molecule has 0 heterocycles. The third kappa shape index (κ3) is 4.08. The molecular weight excluding hydrogens is 416 g/mol. The van der Waals surface area contributed by atoms with Gasteiger partial charge in [0, 0.05) is 18.3 Å². The van der Waals surface area contributed by atoms with E-state index < -0.39 is 5.41 Å². The monoisotopic (exact) mass is 458 g/mol. The lowest BCUT2D eigenvalue weighted by Crippen LogP contribution is -2.55. The van der Waals surface area contributed by atoms with E-state index in [-0.39, 0.29) is 35.0 Å². The molecule has 5 heteroatoms. The second kappa shape index (κ2) is 8.53. The van der Waals surface area contributed by atoms with E-state index in [0.29, 0.717) is 23.7 Å². The fourth-order valence-electron chi connectivity index (χ4n) is 7.99. The predicted molar refractivity (Wildman–Crippen MR) is 126 cm³/mol. The van der Waals surface area contributed by atoms with Crippen molar-refractivity contribution in [1.29, 1.82) is 0 Å². The van der Waals surface area contributed by atoms with Crippen LogP contribution >= 0.6 is 0 Å². The molecule has 3 saturated carbocycles. The third-order valence-corrected chi connectivity index (χ3v) is 9.68. The first-order valence-corrected chi connectivity index (χ1v) is 13.0. The lowest BCUT2D eigenvalue weighted by atomic mass is 9.45. The van der Waals surface area contributed by atoms with Gasteiger partial charge >= 0.3 is 11.9 Å². The van der Waals surface area contributed by atoms with Crippen LogP contribution in [0.3, 0.4) is 0 Å². The van der Waals surface area contributed by atoms with E-state index in [4.69, 9.17) is 9.47 Å². The Bertz CT molecular complexity index is 838. The zero-order chi connectivity index (χ0) is 24.2. The summed E-state index contributed by atoms with van der Waals surface area (Å²) in [5, 5.41) is 0. The fraction of sp³-hybridized carbons (Fsp3) is 0.821. The minimum atomic E-state index is -0.499. The lowest BCUT2D eigenvalue weighted by molar-refractivity contribution is -0.165. The van der Waals surface area contributed by atoms with Gasteiger partial charge in [0.1, 0.15) is 18.5 Å². The first-order chi connectivity index (χ1) is 15.4. The van der Waals surface area contributed by atoms with E-state index in [9.17, 15) is 14.4 Å². The highest BCUT2D eigenvalue weighted by Gasteiger charge is 2.60. The van der Waals surface area contributed by atoms with Crippen molar-refractivity contribution in [2.24, 2.45) is 39.9 Å². The molecule has 0 saturated heterocycles. The average Bonchev–Trinajstić information content (AvgIpc) is 3.09. The minimum Gasteiger partial charge on any atom is -0.463 e. The summed E-state index contributed by atoms with van der Waals surface area (Å²) < 4.78 is 11.5. The van der Waals surface area contributed by atoms with Crippen LogP contribution in [-0.2, 0) is 23.9 Å². The number of hydrogen-bond acceptors (Lipinski definition) is 5. The van der Waals surface area contributed by atoms with Gasteiger partial charge in [-0.1, -0.05) is 18.6 Å². The zero-order valence-corrected chi connectivity index (χ0v) is 21.3. The molecule has 3 unspecified atom stereocenters. The van der Waals surface area contributed by atoms with Crippen LogP contribution in [0.25, 0.3) is 0 Å². The Labute approximate surface area is 199 Å². The van der Waals surface area contributed by atoms with E-state index in [1.165, 1.54) is 18.8 Å². The molecule has 4 aliphatic carbocycles. The number of fused-ring (bicyclic) bond motifs is 5. The second-order valence-corrected chi connectivity index (χ2v) is 12.5. The molecule has 0 radical (unpaired) electrons. The highest BCUT2D eigenvalue weighted by Crippen LogP contribution is 2.66. The minimum absolute atomic E-state index is 0.0323. The van der Waals surface area contributed by atoms with Crippen molar-refractivity contribution in [2.75, 3.05) is 0 Å². The summed E-state index contributed by atoms with van der Waals surface area (Å²) in [4.78, 5) is 36.7. The third-order valence-electron chi connectivity index (χ3n) is 9.68. The Kier molecular flexibility index (Phi) is 6.33. The number of ether oxygens (including phenoxy) is 2. The maximum absolute atomic E-state index is 12.7. The Balaban J connectivity index is 1.52. The van der Waals surface area contributed by atoms with E-state index in [1.807, 2.05) is 20.8 Å². The fourth-order valence-corrected chi connectivity index (χ4v) is 7.99. The van der Waals surface area contributed by atoms with Crippen molar-refractivity contribution >= 4 is 18.2 Å². The molecule has 0 spiro atoms. The van der Waals surface area contributed by atoms with Crippen LogP contribution in [0, 0.1) is 39.9 Å². The van der Waals surface area contributed by atoms with Gasteiger partial charge in [-0.2, -0.15) is 0 Å². The van der Waals surface area contributed by atoms with E-state index in [2.05, 4.69) is 19.9 Å². The number of aldehydes is 1. The van der Waals surface area contributed by atoms with Crippen molar-refractivity contribution in [1.82, 2.24) is 0 Å². The zero-order valence-electron chi connectivity index (χ0n) is 21.3. The van der Waals surface area contributed by atoms with Gasteiger partial charge in [-0.3, -0.25) is 9.59 Å². The highest BCUT2D eigenvalue weighted by atomic mass is 16.5. The van der Waals surface area contributed by atoms with Crippen LogP contribution in [0.5, 0.6) is 0 Å². The van der Waals surface area contributed by atoms with Gasteiger partial charge in [0.05, 0.1) is 5.41 Å². The predicted octanol–water partition coefficient (Wildman–Crippen LogP) is 5.65. The van der Waals surface area contributed by atoms with Gasteiger partial charge in [-0.15, -0.1) is 0 Å². The molecule has 0 aliphatic heterocycles. The normalized spacial score (nSPS) is 41.0. The standard InChI is InChI=1S/C28H42O5/c1-17(32-25(31)26(3,4)5)22-9-10-23-21-8-7-19-15-20(33-18(2)30)11-14-28(19,16-29)24(21)12-13-27(22,23)6/h10,16-17,19-22,24H,7-9,11-15H2,1-6H3/t17?,19?,20?,21-,22+,24-,27+,28-/m0/s1. The van der Waals surface area contributed by atoms with Crippen molar-refractivity contribution in [2.45, 2.75) is 105 Å². The second-order valence-electron chi connectivity index (χ2n) is 12.5. The Morgan fingerprint density at radius 1 is 1.15 bits per heavy atom. The first-order valence-electron chi connectivity index (χ1n) is 13.0.